The van der Waals surface area contributed by atoms with E-state index in [0.29, 0.717) is 38.3 Å². The van der Waals surface area contributed by atoms with Gasteiger partial charge in [0, 0.05) is 52.4 Å². The van der Waals surface area contributed by atoms with E-state index in [9.17, 15) is 0 Å². The van der Waals surface area contributed by atoms with Gasteiger partial charge in [-0.3, -0.25) is 19.6 Å². The van der Waals surface area contributed by atoms with Crippen LogP contribution in [0.3, 0.4) is 0 Å². The maximum Gasteiger partial charge on any atom is 0.161 e. The van der Waals surface area contributed by atoms with Crippen LogP contribution in [0.25, 0.3) is 0 Å². The topological polar surface area (TPSA) is 86.8 Å². The van der Waals surface area contributed by atoms with Gasteiger partial charge in [0.2, 0.25) is 0 Å². The highest BCUT2D eigenvalue weighted by Crippen LogP contribution is 2.33. The van der Waals surface area contributed by atoms with Crippen LogP contribution in [0.2, 0.25) is 0 Å². The Morgan fingerprint density at radius 3 is 0.952 bits per heavy atom. The zero-order valence-electron chi connectivity index (χ0n) is 38.7. The Morgan fingerprint density at radius 2 is 0.661 bits per heavy atom. The fourth-order valence-corrected chi connectivity index (χ4v) is 8.75. The highest BCUT2D eigenvalue weighted by Gasteiger charge is 2.19. The summed E-state index contributed by atoms with van der Waals surface area (Å²) in [5, 5.41) is 0. The molecule has 4 saturated heterocycles. The molecule has 0 radical (unpaired) electrons. The van der Waals surface area contributed by atoms with Gasteiger partial charge in [0.15, 0.2) is 23.0 Å². The van der Waals surface area contributed by atoms with Crippen LogP contribution < -0.4 is 18.9 Å². The third-order valence-corrected chi connectivity index (χ3v) is 13.0. The molecule has 12 nitrogen and oxygen atoms in total. The minimum Gasteiger partial charge on any atom is -0.490 e. The highest BCUT2D eigenvalue weighted by atomic mass is 16.5. The zero-order chi connectivity index (χ0) is 42.9. The Balaban J connectivity index is 1.000. The summed E-state index contributed by atoms with van der Waals surface area (Å²) in [6.45, 7) is 27.0. The first kappa shape index (κ1) is 48.8. The van der Waals surface area contributed by atoms with Crippen LogP contribution >= 0.6 is 0 Å². The first-order valence-electron chi connectivity index (χ1n) is 24.6. The van der Waals surface area contributed by atoms with Gasteiger partial charge in [-0.05, 0) is 138 Å². The number of ether oxygens (including phenoxy) is 8. The van der Waals surface area contributed by atoms with Gasteiger partial charge in [0.1, 0.15) is 0 Å². The molecule has 2 aromatic carbocycles. The molecule has 4 fully saturated rings. The minimum absolute atomic E-state index is 0.468. The average molecular weight is 867 g/mol. The number of unbranched alkanes of at least 4 members (excludes halogenated alkanes) is 4. The number of hydrogen-bond donors (Lipinski definition) is 0. The zero-order valence-corrected chi connectivity index (χ0v) is 38.7. The molecule has 0 aliphatic carbocycles. The minimum atomic E-state index is 0.468. The van der Waals surface area contributed by atoms with Gasteiger partial charge < -0.3 is 37.9 Å². The second-order valence-corrected chi connectivity index (χ2v) is 18.0. The van der Waals surface area contributed by atoms with Crippen molar-refractivity contribution in [2.75, 3.05) is 158 Å². The number of rotatable bonds is 29. The van der Waals surface area contributed by atoms with Crippen molar-refractivity contribution in [1.82, 2.24) is 19.6 Å². The van der Waals surface area contributed by atoms with Crippen LogP contribution in [0.15, 0.2) is 36.4 Å². The van der Waals surface area contributed by atoms with Gasteiger partial charge in [-0.15, -0.1) is 0 Å². The van der Waals surface area contributed by atoms with E-state index in [-0.39, 0.29) is 0 Å². The first-order valence-corrected chi connectivity index (χ1v) is 24.6. The maximum absolute atomic E-state index is 6.50. The molecule has 0 amide bonds. The van der Waals surface area contributed by atoms with E-state index in [1.54, 1.807) is 0 Å². The number of benzene rings is 2. The Bertz CT molecular complexity index is 1370. The predicted octanol–water partition coefficient (Wildman–Crippen LogP) is 6.71. The molecular formula is C50H82N4O8. The van der Waals surface area contributed by atoms with Gasteiger partial charge >= 0.3 is 0 Å². The van der Waals surface area contributed by atoms with Gasteiger partial charge in [0.25, 0.3) is 0 Å². The molecule has 0 N–H and O–H groups in total. The summed E-state index contributed by atoms with van der Waals surface area (Å²) in [7, 11) is 0. The summed E-state index contributed by atoms with van der Waals surface area (Å²) >= 11 is 0. The van der Waals surface area contributed by atoms with Crippen LogP contribution in [-0.2, 0) is 31.8 Å². The molecule has 4 aliphatic rings. The van der Waals surface area contributed by atoms with E-state index in [0.717, 1.165) is 219 Å². The lowest BCUT2D eigenvalue weighted by atomic mass is 9.85. The SMILES string of the molecule is C[C@H](Cc1ccc(OCCCCN2CCOCC2)c(OCCCCN2CCOCC2)c1)[C@H](C)Cc1ccc(OCCCCN2CCOCC2)c(OCCCCN2CCOCC2)c1. The Morgan fingerprint density at radius 1 is 0.387 bits per heavy atom. The molecule has 0 saturated carbocycles. The van der Waals surface area contributed by atoms with E-state index >= 15 is 0 Å². The van der Waals surface area contributed by atoms with Crippen LogP contribution in [0, 0.1) is 11.8 Å². The molecule has 0 aromatic heterocycles. The van der Waals surface area contributed by atoms with Crippen LogP contribution in [0.1, 0.15) is 76.3 Å². The van der Waals surface area contributed by atoms with Crippen molar-refractivity contribution >= 4 is 0 Å². The smallest absolute Gasteiger partial charge is 0.161 e. The average Bonchev–Trinajstić information content (AvgIpc) is 3.31. The third-order valence-electron chi connectivity index (χ3n) is 13.0. The molecule has 2 atom stereocenters. The molecule has 4 heterocycles. The van der Waals surface area contributed by atoms with Crippen molar-refractivity contribution in [2.45, 2.75) is 78.1 Å². The van der Waals surface area contributed by atoms with E-state index in [2.05, 4.69) is 69.8 Å². The van der Waals surface area contributed by atoms with Crippen LogP contribution in [0.5, 0.6) is 23.0 Å². The molecule has 0 spiro atoms. The van der Waals surface area contributed by atoms with E-state index in [1.165, 1.54) is 11.1 Å². The lowest BCUT2D eigenvalue weighted by Crippen LogP contribution is -2.36. The fourth-order valence-electron chi connectivity index (χ4n) is 8.75. The van der Waals surface area contributed by atoms with Crippen molar-refractivity contribution in [1.29, 1.82) is 0 Å². The summed E-state index contributed by atoms with van der Waals surface area (Å²) < 4.78 is 47.9. The number of morpholine rings is 4. The molecule has 6 rings (SSSR count). The normalized spacial score (nSPS) is 19.6. The van der Waals surface area contributed by atoms with E-state index in [1.807, 2.05) is 0 Å². The van der Waals surface area contributed by atoms with Gasteiger partial charge in [-0.25, -0.2) is 0 Å². The monoisotopic (exact) mass is 867 g/mol. The summed E-state index contributed by atoms with van der Waals surface area (Å²) in [6.07, 6.45) is 10.5. The Labute approximate surface area is 374 Å². The number of hydrogen-bond acceptors (Lipinski definition) is 12. The Kier molecular flexibility index (Phi) is 22.8. The molecule has 2 aromatic rings. The highest BCUT2D eigenvalue weighted by molar-refractivity contribution is 5.44. The quantitative estimate of drug-likeness (QED) is 0.0816. The molecule has 62 heavy (non-hydrogen) atoms. The number of nitrogens with zero attached hydrogens (tertiary/aromatic N) is 4. The van der Waals surface area contributed by atoms with E-state index in [4.69, 9.17) is 37.9 Å². The molecule has 0 unspecified atom stereocenters. The molecule has 12 heteroatoms. The second kappa shape index (κ2) is 29.0. The summed E-state index contributed by atoms with van der Waals surface area (Å²) in [6, 6.07) is 13.3. The molecule has 350 valence electrons. The lowest BCUT2D eigenvalue weighted by molar-refractivity contribution is 0.0366. The van der Waals surface area contributed by atoms with E-state index < -0.39 is 0 Å². The van der Waals surface area contributed by atoms with Crippen LogP contribution in [-0.4, -0.2) is 177 Å². The molecular weight excluding hydrogens is 785 g/mol. The largest absolute Gasteiger partial charge is 0.490 e. The van der Waals surface area contributed by atoms with Gasteiger partial charge in [-0.2, -0.15) is 0 Å². The standard InChI is InChI=1S/C50H82N4O8/c1-43(39-45-11-13-47(59-27-7-3-15-51-19-31-55-32-20-51)49(41-45)61-29-9-5-17-53-23-35-57-36-24-53)44(2)40-46-12-14-48(60-28-8-4-16-52-21-33-56-34-22-52)50(42-46)62-30-10-6-18-54-25-37-58-38-26-54/h11-14,41-44H,3-10,15-40H2,1-2H3/t43-,44-/m1/s1. The predicted molar refractivity (Wildman–Crippen MR) is 247 cm³/mol. The molecule has 0 bridgehead atoms. The van der Waals surface area contributed by atoms with Crippen molar-refractivity contribution in [3.63, 3.8) is 0 Å². The van der Waals surface area contributed by atoms with Gasteiger partial charge in [-0.1, -0.05) is 26.0 Å². The van der Waals surface area contributed by atoms with Crippen molar-refractivity contribution < 1.29 is 37.9 Å². The Hall–Kier alpha value is -2.68. The first-order chi connectivity index (χ1) is 30.6. The molecule has 4 aliphatic heterocycles. The van der Waals surface area contributed by atoms with Crippen molar-refractivity contribution in [2.24, 2.45) is 11.8 Å². The third kappa shape index (κ3) is 18.4. The maximum atomic E-state index is 6.50. The lowest BCUT2D eigenvalue weighted by Gasteiger charge is -2.26. The van der Waals surface area contributed by atoms with Crippen molar-refractivity contribution in [3.05, 3.63) is 47.5 Å². The summed E-state index contributed by atoms with van der Waals surface area (Å²) in [5.41, 5.74) is 2.59. The van der Waals surface area contributed by atoms with Crippen molar-refractivity contribution in [3.8, 4) is 23.0 Å². The fraction of sp³-hybridized carbons (Fsp3) is 0.760. The summed E-state index contributed by atoms with van der Waals surface area (Å²) in [5.74, 6) is 4.42. The van der Waals surface area contributed by atoms with Crippen LogP contribution in [0.4, 0.5) is 0 Å². The second-order valence-electron chi connectivity index (χ2n) is 18.0. The summed E-state index contributed by atoms with van der Waals surface area (Å²) in [4.78, 5) is 9.99. The van der Waals surface area contributed by atoms with Gasteiger partial charge in [0.05, 0.1) is 79.3 Å².